The van der Waals surface area contributed by atoms with Crippen molar-refractivity contribution in [1.29, 1.82) is 0 Å². The molecule has 0 N–H and O–H groups in total. The van der Waals surface area contributed by atoms with Gasteiger partial charge >= 0.3 is 0 Å². The highest BCUT2D eigenvalue weighted by Gasteiger charge is 2.08. The number of carbonyl (C=O) groups excluding carboxylic acids is 1. The molecular formula is C14H15ClN2O. The van der Waals surface area contributed by atoms with Gasteiger partial charge in [0.2, 0.25) is 0 Å². The van der Waals surface area contributed by atoms with Crippen LogP contribution in [0.3, 0.4) is 0 Å². The third-order valence-electron chi connectivity index (χ3n) is 2.89. The Bertz CT molecular complexity index is 575. The molecule has 3 nitrogen and oxygen atoms in total. The lowest BCUT2D eigenvalue weighted by Gasteiger charge is -2.03. The van der Waals surface area contributed by atoms with Crippen LogP contribution in [0.1, 0.15) is 27.9 Å². The first kappa shape index (κ1) is 12.8. The van der Waals surface area contributed by atoms with Crippen molar-refractivity contribution < 1.29 is 4.79 Å². The Morgan fingerprint density at radius 3 is 2.83 bits per heavy atom. The first-order valence-electron chi connectivity index (χ1n) is 5.83. The molecule has 0 fully saturated rings. The third-order valence-corrected chi connectivity index (χ3v) is 3.30. The van der Waals surface area contributed by atoms with E-state index in [4.69, 9.17) is 11.6 Å². The van der Waals surface area contributed by atoms with Gasteiger partial charge in [0.15, 0.2) is 5.78 Å². The van der Waals surface area contributed by atoms with E-state index in [0.29, 0.717) is 23.4 Å². The van der Waals surface area contributed by atoms with Gasteiger partial charge in [0, 0.05) is 30.3 Å². The maximum Gasteiger partial charge on any atom is 0.163 e. The second-order valence-corrected chi connectivity index (χ2v) is 4.82. The zero-order valence-corrected chi connectivity index (χ0v) is 11.2. The van der Waals surface area contributed by atoms with Crippen LogP contribution in [0.2, 0.25) is 5.02 Å². The van der Waals surface area contributed by atoms with Crippen LogP contribution in [0.15, 0.2) is 30.6 Å². The van der Waals surface area contributed by atoms with Crippen molar-refractivity contribution in [3.05, 3.63) is 52.3 Å². The molecule has 0 amide bonds. The molecule has 0 atom stereocenters. The summed E-state index contributed by atoms with van der Waals surface area (Å²) in [5.74, 6) is 0.112. The molecule has 2 rings (SSSR count). The van der Waals surface area contributed by atoms with Crippen LogP contribution in [-0.4, -0.2) is 15.6 Å². The van der Waals surface area contributed by atoms with Crippen molar-refractivity contribution in [2.75, 3.05) is 0 Å². The highest BCUT2D eigenvalue weighted by Crippen LogP contribution is 2.18. The summed E-state index contributed by atoms with van der Waals surface area (Å²) in [5, 5.41) is 4.72. The van der Waals surface area contributed by atoms with E-state index < -0.39 is 0 Å². The van der Waals surface area contributed by atoms with Gasteiger partial charge < -0.3 is 0 Å². The molecule has 0 aliphatic carbocycles. The number of Topliss-reactive ketones (excluding diaryl/α,β-unsaturated/α-hetero) is 1. The van der Waals surface area contributed by atoms with E-state index in [0.717, 1.165) is 11.1 Å². The lowest BCUT2D eigenvalue weighted by molar-refractivity contribution is 0.0983. The van der Waals surface area contributed by atoms with E-state index in [1.54, 1.807) is 16.9 Å². The van der Waals surface area contributed by atoms with Gasteiger partial charge in [-0.05, 0) is 30.5 Å². The molecule has 0 saturated carbocycles. The van der Waals surface area contributed by atoms with Crippen molar-refractivity contribution in [1.82, 2.24) is 9.78 Å². The van der Waals surface area contributed by atoms with Gasteiger partial charge in [0.05, 0.1) is 6.20 Å². The summed E-state index contributed by atoms with van der Waals surface area (Å²) >= 11 is 6.01. The largest absolute Gasteiger partial charge is 0.294 e. The van der Waals surface area contributed by atoms with Crippen LogP contribution in [0, 0.1) is 6.92 Å². The summed E-state index contributed by atoms with van der Waals surface area (Å²) in [6, 6.07) is 5.44. The van der Waals surface area contributed by atoms with Crippen LogP contribution in [0.5, 0.6) is 0 Å². The van der Waals surface area contributed by atoms with Crippen LogP contribution in [0.25, 0.3) is 0 Å². The Morgan fingerprint density at radius 1 is 1.44 bits per heavy atom. The molecule has 0 aliphatic heterocycles. The molecular weight excluding hydrogens is 248 g/mol. The molecule has 2 aromatic rings. The van der Waals surface area contributed by atoms with Crippen LogP contribution < -0.4 is 0 Å². The summed E-state index contributed by atoms with van der Waals surface area (Å²) in [6.45, 7) is 1.92. The number of aromatic nitrogens is 2. The third kappa shape index (κ3) is 2.99. The van der Waals surface area contributed by atoms with Gasteiger partial charge in [-0.15, -0.1) is 0 Å². The number of hydrogen-bond donors (Lipinski definition) is 0. The smallest absolute Gasteiger partial charge is 0.163 e. The fraction of sp³-hybridized carbons (Fsp3) is 0.286. The molecule has 0 unspecified atom stereocenters. The summed E-state index contributed by atoms with van der Waals surface area (Å²) in [6.07, 6.45) is 4.90. The molecule has 0 radical (unpaired) electrons. The Morgan fingerprint density at radius 2 is 2.22 bits per heavy atom. The predicted octanol–water partition coefficient (Wildman–Crippen LogP) is 3.20. The number of aryl methyl sites for hydroxylation is 3. The molecule has 1 heterocycles. The molecule has 4 heteroatoms. The average Bonchev–Trinajstić information content (AvgIpc) is 2.75. The van der Waals surface area contributed by atoms with Crippen molar-refractivity contribution in [2.24, 2.45) is 7.05 Å². The number of hydrogen-bond acceptors (Lipinski definition) is 2. The lowest BCUT2D eigenvalue weighted by atomic mass is 10.0. The van der Waals surface area contributed by atoms with Crippen molar-refractivity contribution in [3.63, 3.8) is 0 Å². The minimum Gasteiger partial charge on any atom is -0.294 e. The Labute approximate surface area is 111 Å². The summed E-state index contributed by atoms with van der Waals surface area (Å²) in [5.41, 5.74) is 2.74. The minimum absolute atomic E-state index is 0.112. The van der Waals surface area contributed by atoms with Crippen LogP contribution in [0.4, 0.5) is 0 Å². The van der Waals surface area contributed by atoms with Gasteiger partial charge in [-0.3, -0.25) is 9.48 Å². The second-order valence-electron chi connectivity index (χ2n) is 4.41. The molecule has 0 spiro atoms. The molecule has 1 aromatic carbocycles. The van der Waals surface area contributed by atoms with E-state index in [-0.39, 0.29) is 5.78 Å². The first-order valence-corrected chi connectivity index (χ1v) is 6.21. The quantitative estimate of drug-likeness (QED) is 0.793. The van der Waals surface area contributed by atoms with E-state index in [9.17, 15) is 4.79 Å². The first-order chi connectivity index (χ1) is 8.56. The van der Waals surface area contributed by atoms with E-state index in [1.807, 2.05) is 32.3 Å². The molecule has 94 valence electrons. The van der Waals surface area contributed by atoms with Crippen molar-refractivity contribution in [2.45, 2.75) is 19.8 Å². The maximum atomic E-state index is 12.0. The summed E-state index contributed by atoms with van der Waals surface area (Å²) in [7, 11) is 1.87. The standard InChI is InChI=1S/C14H15ClN2O/c1-10-3-5-12(7-13(10)15)14(18)6-4-11-8-16-17(2)9-11/h3,5,7-9H,4,6H2,1-2H3. The lowest BCUT2D eigenvalue weighted by Crippen LogP contribution is -2.01. The number of nitrogens with zero attached hydrogens (tertiary/aromatic N) is 2. The molecule has 18 heavy (non-hydrogen) atoms. The van der Waals surface area contributed by atoms with Gasteiger partial charge in [0.25, 0.3) is 0 Å². The van der Waals surface area contributed by atoms with Gasteiger partial charge in [-0.2, -0.15) is 5.10 Å². The van der Waals surface area contributed by atoms with Crippen LogP contribution >= 0.6 is 11.6 Å². The number of halogens is 1. The minimum atomic E-state index is 0.112. The fourth-order valence-corrected chi connectivity index (χ4v) is 1.95. The van der Waals surface area contributed by atoms with Gasteiger partial charge in [-0.25, -0.2) is 0 Å². The zero-order chi connectivity index (χ0) is 13.1. The Hall–Kier alpha value is -1.61. The summed E-state index contributed by atoms with van der Waals surface area (Å²) < 4.78 is 1.74. The molecule has 1 aromatic heterocycles. The summed E-state index contributed by atoms with van der Waals surface area (Å²) in [4.78, 5) is 12.0. The Kier molecular flexibility index (Phi) is 3.82. The predicted molar refractivity (Wildman–Crippen MR) is 72.0 cm³/mol. The monoisotopic (exact) mass is 262 g/mol. The molecule has 0 saturated heterocycles. The molecule has 0 aliphatic rings. The Balaban J connectivity index is 2.01. The number of carbonyl (C=O) groups is 1. The van der Waals surface area contributed by atoms with Gasteiger partial charge in [-0.1, -0.05) is 23.7 Å². The SMILES string of the molecule is Cc1ccc(C(=O)CCc2cnn(C)c2)cc1Cl. The van der Waals surface area contributed by atoms with E-state index >= 15 is 0 Å². The van der Waals surface area contributed by atoms with Gasteiger partial charge in [0.1, 0.15) is 0 Å². The number of rotatable bonds is 4. The van der Waals surface area contributed by atoms with E-state index in [2.05, 4.69) is 5.10 Å². The zero-order valence-electron chi connectivity index (χ0n) is 10.5. The average molecular weight is 263 g/mol. The normalized spacial score (nSPS) is 10.6. The fourth-order valence-electron chi connectivity index (χ4n) is 1.77. The highest BCUT2D eigenvalue weighted by molar-refractivity contribution is 6.31. The van der Waals surface area contributed by atoms with Crippen molar-refractivity contribution >= 4 is 17.4 Å². The number of ketones is 1. The number of benzene rings is 1. The second kappa shape index (κ2) is 5.36. The van der Waals surface area contributed by atoms with E-state index in [1.165, 1.54) is 0 Å². The maximum absolute atomic E-state index is 12.0. The molecule has 0 bridgehead atoms. The topological polar surface area (TPSA) is 34.9 Å². The van der Waals surface area contributed by atoms with Crippen LogP contribution in [-0.2, 0) is 13.5 Å². The highest BCUT2D eigenvalue weighted by atomic mass is 35.5. The van der Waals surface area contributed by atoms with Crippen molar-refractivity contribution in [3.8, 4) is 0 Å².